The lowest BCUT2D eigenvalue weighted by molar-refractivity contribution is 0.123. The minimum absolute atomic E-state index is 0.0458. The summed E-state index contributed by atoms with van der Waals surface area (Å²) in [4.78, 5) is 2.42. The molecule has 0 amide bonds. The fourth-order valence-corrected chi connectivity index (χ4v) is 2.65. The first-order valence-electron chi connectivity index (χ1n) is 6.21. The van der Waals surface area contributed by atoms with Crippen molar-refractivity contribution in [2.24, 2.45) is 0 Å². The summed E-state index contributed by atoms with van der Waals surface area (Å²) >= 11 is 0. The normalized spacial score (nSPS) is 17.9. The molecule has 3 rings (SSSR count). The molecule has 0 saturated heterocycles. The molecule has 1 aromatic carbocycles. The van der Waals surface area contributed by atoms with Gasteiger partial charge in [0.05, 0.1) is 11.2 Å². The first-order valence-corrected chi connectivity index (χ1v) is 6.21. The number of aromatic nitrogens is 2. The van der Waals surface area contributed by atoms with Crippen LogP contribution in [0.4, 0.5) is 5.82 Å². The second-order valence-electron chi connectivity index (χ2n) is 5.36. The Morgan fingerprint density at radius 2 is 2.06 bits per heavy atom. The number of rotatable bonds is 2. The van der Waals surface area contributed by atoms with E-state index in [1.165, 1.54) is 5.56 Å². The number of hydrogen-bond donors (Lipinski definition) is 2. The van der Waals surface area contributed by atoms with E-state index in [0.29, 0.717) is 5.82 Å². The molecule has 1 aromatic heterocycles. The lowest BCUT2D eigenvalue weighted by Gasteiger charge is -2.31. The maximum absolute atomic E-state index is 5.90. The third kappa shape index (κ3) is 1.61. The Morgan fingerprint density at radius 1 is 1.33 bits per heavy atom. The molecule has 0 saturated carbocycles. The first-order chi connectivity index (χ1) is 8.59. The van der Waals surface area contributed by atoms with Crippen LogP contribution in [0.25, 0.3) is 0 Å². The second kappa shape index (κ2) is 3.85. The predicted octanol–water partition coefficient (Wildman–Crippen LogP) is 2.24. The maximum Gasteiger partial charge on any atom is 0.150 e. The Balaban J connectivity index is 1.89. The van der Waals surface area contributed by atoms with Crippen LogP contribution < -0.4 is 5.73 Å². The van der Waals surface area contributed by atoms with Gasteiger partial charge in [0, 0.05) is 18.7 Å². The van der Waals surface area contributed by atoms with Crippen LogP contribution in [-0.4, -0.2) is 15.1 Å². The van der Waals surface area contributed by atoms with E-state index in [1.54, 1.807) is 0 Å². The highest BCUT2D eigenvalue weighted by molar-refractivity contribution is 5.47. The van der Waals surface area contributed by atoms with Gasteiger partial charge in [0.1, 0.15) is 5.82 Å². The Hall–Kier alpha value is -1.81. The predicted molar refractivity (Wildman–Crippen MR) is 71.7 cm³/mol. The SMILES string of the molecule is CC1(C)c2[nH]nc(N)c2CN1Cc1ccccc1. The summed E-state index contributed by atoms with van der Waals surface area (Å²) in [6.07, 6.45) is 0. The number of hydrogen-bond acceptors (Lipinski definition) is 3. The van der Waals surface area contributed by atoms with Crippen molar-refractivity contribution in [2.75, 3.05) is 5.73 Å². The summed E-state index contributed by atoms with van der Waals surface area (Å²) in [6, 6.07) is 10.5. The van der Waals surface area contributed by atoms with Crippen molar-refractivity contribution in [3.05, 3.63) is 47.2 Å². The summed E-state index contributed by atoms with van der Waals surface area (Å²) in [5.74, 6) is 0.633. The smallest absolute Gasteiger partial charge is 0.150 e. The van der Waals surface area contributed by atoms with Gasteiger partial charge in [0.15, 0.2) is 0 Å². The standard InChI is InChI=1S/C14H18N4/c1-14(2)12-11(13(15)17-16-12)9-18(14)8-10-6-4-3-5-7-10/h3-7H,8-9H2,1-2H3,(H3,15,16,17). The lowest BCUT2D eigenvalue weighted by atomic mass is 10.0. The monoisotopic (exact) mass is 242 g/mol. The highest BCUT2D eigenvalue weighted by Gasteiger charge is 2.40. The van der Waals surface area contributed by atoms with E-state index in [-0.39, 0.29) is 5.54 Å². The fourth-order valence-electron chi connectivity index (χ4n) is 2.65. The summed E-state index contributed by atoms with van der Waals surface area (Å²) < 4.78 is 0. The zero-order valence-corrected chi connectivity index (χ0v) is 10.8. The van der Waals surface area contributed by atoms with Gasteiger partial charge in [-0.2, -0.15) is 5.10 Å². The van der Waals surface area contributed by atoms with Crippen LogP contribution in [0.15, 0.2) is 30.3 Å². The number of H-pyrrole nitrogens is 1. The number of nitrogens with one attached hydrogen (secondary N) is 1. The molecule has 18 heavy (non-hydrogen) atoms. The molecule has 0 radical (unpaired) electrons. The van der Waals surface area contributed by atoms with E-state index in [9.17, 15) is 0 Å². The van der Waals surface area contributed by atoms with Crippen molar-refractivity contribution in [3.63, 3.8) is 0 Å². The van der Waals surface area contributed by atoms with Crippen molar-refractivity contribution >= 4 is 5.82 Å². The Labute approximate surface area is 107 Å². The van der Waals surface area contributed by atoms with E-state index in [1.807, 2.05) is 6.07 Å². The fraction of sp³-hybridized carbons (Fsp3) is 0.357. The largest absolute Gasteiger partial charge is 0.382 e. The van der Waals surface area contributed by atoms with Crippen molar-refractivity contribution in [1.82, 2.24) is 15.1 Å². The summed E-state index contributed by atoms with van der Waals surface area (Å²) in [5, 5.41) is 7.18. The molecule has 2 heterocycles. The molecule has 1 aliphatic rings. The average molecular weight is 242 g/mol. The van der Waals surface area contributed by atoms with Gasteiger partial charge in [-0.15, -0.1) is 0 Å². The quantitative estimate of drug-likeness (QED) is 0.849. The van der Waals surface area contributed by atoms with Gasteiger partial charge < -0.3 is 5.73 Å². The van der Waals surface area contributed by atoms with Crippen molar-refractivity contribution in [2.45, 2.75) is 32.5 Å². The van der Waals surface area contributed by atoms with Crippen LogP contribution in [0.2, 0.25) is 0 Å². The second-order valence-corrected chi connectivity index (χ2v) is 5.36. The third-order valence-electron chi connectivity index (χ3n) is 3.87. The first kappa shape index (κ1) is 11.3. The minimum Gasteiger partial charge on any atom is -0.382 e. The van der Waals surface area contributed by atoms with Crippen LogP contribution in [0.5, 0.6) is 0 Å². The highest BCUT2D eigenvalue weighted by atomic mass is 15.3. The molecule has 94 valence electrons. The van der Waals surface area contributed by atoms with Gasteiger partial charge in [-0.05, 0) is 19.4 Å². The van der Waals surface area contributed by atoms with E-state index in [4.69, 9.17) is 5.73 Å². The Morgan fingerprint density at radius 3 is 2.72 bits per heavy atom. The molecular weight excluding hydrogens is 224 g/mol. The molecule has 4 nitrogen and oxygen atoms in total. The summed E-state index contributed by atoms with van der Waals surface area (Å²) in [5.41, 5.74) is 9.47. The van der Waals surface area contributed by atoms with Gasteiger partial charge in [-0.3, -0.25) is 10.00 Å². The van der Waals surface area contributed by atoms with Crippen molar-refractivity contribution in [3.8, 4) is 0 Å². The molecule has 2 aromatic rings. The molecule has 0 spiro atoms. The minimum atomic E-state index is -0.0458. The number of aromatic amines is 1. The van der Waals surface area contributed by atoms with Gasteiger partial charge >= 0.3 is 0 Å². The molecule has 0 aliphatic carbocycles. The number of nitrogen functional groups attached to an aromatic ring is 1. The van der Waals surface area contributed by atoms with E-state index in [0.717, 1.165) is 24.3 Å². The highest BCUT2D eigenvalue weighted by Crippen LogP contribution is 2.40. The maximum atomic E-state index is 5.90. The Kier molecular flexibility index (Phi) is 2.41. The van der Waals surface area contributed by atoms with Crippen LogP contribution in [-0.2, 0) is 18.6 Å². The summed E-state index contributed by atoms with van der Waals surface area (Å²) in [6.45, 7) is 6.20. The van der Waals surface area contributed by atoms with Crippen LogP contribution in [0.1, 0.15) is 30.7 Å². The number of nitrogens with zero attached hydrogens (tertiary/aromatic N) is 2. The van der Waals surface area contributed by atoms with E-state index >= 15 is 0 Å². The zero-order valence-electron chi connectivity index (χ0n) is 10.8. The van der Waals surface area contributed by atoms with E-state index in [2.05, 4.69) is 53.2 Å². The zero-order chi connectivity index (χ0) is 12.8. The number of fused-ring (bicyclic) bond motifs is 1. The molecule has 0 atom stereocenters. The van der Waals surface area contributed by atoms with Crippen LogP contribution in [0, 0.1) is 0 Å². The topological polar surface area (TPSA) is 57.9 Å². The summed E-state index contributed by atoms with van der Waals surface area (Å²) in [7, 11) is 0. The molecule has 0 unspecified atom stereocenters. The van der Waals surface area contributed by atoms with E-state index < -0.39 is 0 Å². The molecule has 4 heteroatoms. The number of anilines is 1. The van der Waals surface area contributed by atoms with Gasteiger partial charge in [0.2, 0.25) is 0 Å². The van der Waals surface area contributed by atoms with Gasteiger partial charge in [0.25, 0.3) is 0 Å². The molecule has 3 N–H and O–H groups in total. The molecular formula is C14H18N4. The van der Waals surface area contributed by atoms with Crippen LogP contribution in [0.3, 0.4) is 0 Å². The third-order valence-corrected chi connectivity index (χ3v) is 3.87. The van der Waals surface area contributed by atoms with Gasteiger partial charge in [-0.1, -0.05) is 30.3 Å². The lowest BCUT2D eigenvalue weighted by Crippen LogP contribution is -2.35. The Bertz CT molecular complexity index is 556. The van der Waals surface area contributed by atoms with Crippen molar-refractivity contribution in [1.29, 1.82) is 0 Å². The van der Waals surface area contributed by atoms with Crippen molar-refractivity contribution < 1.29 is 0 Å². The number of nitrogens with two attached hydrogens (primary N) is 1. The molecule has 1 aliphatic heterocycles. The average Bonchev–Trinajstić information content (AvgIpc) is 2.82. The molecule has 0 bridgehead atoms. The van der Waals surface area contributed by atoms with Crippen LogP contribution >= 0.6 is 0 Å². The molecule has 0 fully saturated rings. The van der Waals surface area contributed by atoms with Gasteiger partial charge in [-0.25, -0.2) is 0 Å². The number of benzene rings is 1.